The van der Waals surface area contributed by atoms with Gasteiger partial charge in [0.25, 0.3) is 5.92 Å². The van der Waals surface area contributed by atoms with E-state index in [0.717, 1.165) is 10.6 Å². The van der Waals surface area contributed by atoms with Crippen LogP contribution in [0.5, 0.6) is 0 Å². The molecule has 0 bridgehead atoms. The molecule has 4 rings (SSSR count). The van der Waals surface area contributed by atoms with Gasteiger partial charge < -0.3 is 9.67 Å². The maximum atomic E-state index is 14.3. The topological polar surface area (TPSA) is 25.2 Å². The molecular weight excluding hydrogens is 379 g/mol. The van der Waals surface area contributed by atoms with Gasteiger partial charge in [0.15, 0.2) is 0 Å². The first-order valence-corrected chi connectivity index (χ1v) is 8.35. The summed E-state index contributed by atoms with van der Waals surface area (Å²) in [4.78, 5) is 0. The molecule has 9 heteroatoms. The maximum absolute atomic E-state index is 14.3. The van der Waals surface area contributed by atoms with E-state index in [1.807, 2.05) is 0 Å². The monoisotopic (exact) mass is 393 g/mol. The van der Waals surface area contributed by atoms with E-state index in [1.165, 1.54) is 0 Å². The molecule has 1 aromatic heterocycles. The summed E-state index contributed by atoms with van der Waals surface area (Å²) in [6.45, 7) is 0. The van der Waals surface area contributed by atoms with Crippen molar-refractivity contribution in [1.82, 2.24) is 4.57 Å². The Morgan fingerprint density at radius 3 is 2.44 bits per heavy atom. The average Bonchev–Trinajstić information content (AvgIpc) is 3.11. The second kappa shape index (κ2) is 5.73. The number of hydrogen-bond acceptors (Lipinski definition) is 1. The third kappa shape index (κ3) is 2.74. The number of benzene rings is 1. The van der Waals surface area contributed by atoms with Crippen LogP contribution < -0.4 is 0 Å². The van der Waals surface area contributed by atoms with Gasteiger partial charge in [0.1, 0.15) is 17.7 Å². The van der Waals surface area contributed by atoms with Crippen molar-refractivity contribution in [1.29, 1.82) is 0 Å². The Morgan fingerprint density at radius 1 is 1.07 bits per heavy atom. The molecule has 0 saturated carbocycles. The fourth-order valence-electron chi connectivity index (χ4n) is 4.22. The molecule has 2 aromatic rings. The van der Waals surface area contributed by atoms with E-state index < -0.39 is 53.4 Å². The second-order valence-corrected chi connectivity index (χ2v) is 6.99. The van der Waals surface area contributed by atoms with Gasteiger partial charge in [-0.05, 0) is 30.9 Å². The Bertz CT molecular complexity index is 915. The summed E-state index contributed by atoms with van der Waals surface area (Å²) in [6, 6.07) is 0.910. The number of aromatic nitrogens is 1. The van der Waals surface area contributed by atoms with E-state index in [1.54, 1.807) is 0 Å². The van der Waals surface area contributed by atoms with Crippen molar-refractivity contribution in [3.63, 3.8) is 0 Å². The van der Waals surface area contributed by atoms with Crippen molar-refractivity contribution in [3.8, 4) is 0 Å². The predicted octanol–water partition coefficient (Wildman–Crippen LogP) is 4.94. The predicted molar refractivity (Wildman–Crippen MR) is 80.5 cm³/mol. The maximum Gasteiger partial charge on any atom is 0.418 e. The summed E-state index contributed by atoms with van der Waals surface area (Å²) in [5.74, 6) is -5.35. The Labute approximate surface area is 149 Å². The lowest BCUT2D eigenvalue weighted by Gasteiger charge is -2.30. The standard InChI is InChI=1S/C18H14F7NO/c19-9-5-8-1-2-12(14(8)11(20)6-9)26-7-10(18(23,24)25)15-13(26)3-4-17(21,22)16(15)27/h5-7,12,16,27H,1-4H2/t12?,16-/m0/s1. The minimum atomic E-state index is -4.95. The zero-order chi connectivity index (χ0) is 19.7. The van der Waals surface area contributed by atoms with E-state index in [-0.39, 0.29) is 30.5 Å². The summed E-state index contributed by atoms with van der Waals surface area (Å²) in [5, 5.41) is 9.89. The number of aliphatic hydroxyl groups excluding tert-OH is 1. The van der Waals surface area contributed by atoms with Crippen LogP contribution in [-0.4, -0.2) is 15.6 Å². The summed E-state index contributed by atoms with van der Waals surface area (Å²) >= 11 is 0. The van der Waals surface area contributed by atoms with Gasteiger partial charge in [0, 0.05) is 35.5 Å². The van der Waals surface area contributed by atoms with Crippen LogP contribution in [0.4, 0.5) is 30.7 Å². The van der Waals surface area contributed by atoms with Crippen LogP contribution in [0.25, 0.3) is 0 Å². The first-order chi connectivity index (χ1) is 12.5. The summed E-state index contributed by atoms with van der Waals surface area (Å²) < 4.78 is 96.9. The molecule has 1 unspecified atom stereocenters. The van der Waals surface area contributed by atoms with Crippen LogP contribution in [0.2, 0.25) is 0 Å². The third-order valence-electron chi connectivity index (χ3n) is 5.39. The van der Waals surface area contributed by atoms with Crippen molar-refractivity contribution >= 4 is 0 Å². The highest BCUT2D eigenvalue weighted by molar-refractivity contribution is 5.44. The molecule has 0 spiro atoms. The van der Waals surface area contributed by atoms with Crippen LogP contribution in [0.15, 0.2) is 18.3 Å². The fourth-order valence-corrected chi connectivity index (χ4v) is 4.22. The smallest absolute Gasteiger partial charge is 0.382 e. The van der Waals surface area contributed by atoms with Gasteiger partial charge in [-0.15, -0.1) is 0 Å². The highest BCUT2D eigenvalue weighted by atomic mass is 19.4. The number of hydrogen-bond donors (Lipinski definition) is 1. The molecule has 0 aliphatic heterocycles. The van der Waals surface area contributed by atoms with Crippen molar-refractivity contribution in [2.24, 2.45) is 0 Å². The van der Waals surface area contributed by atoms with Crippen molar-refractivity contribution in [2.75, 3.05) is 0 Å². The lowest BCUT2D eigenvalue weighted by molar-refractivity contribution is -0.147. The SMILES string of the molecule is O[C@H]1c2c(C(F)(F)F)cn(C3CCc4cc(F)cc(F)c43)c2CCC1(F)F. The quantitative estimate of drug-likeness (QED) is 0.683. The zero-order valence-electron chi connectivity index (χ0n) is 13.8. The summed E-state index contributed by atoms with van der Waals surface area (Å²) in [5.41, 5.74) is -1.87. The molecule has 2 nitrogen and oxygen atoms in total. The number of fused-ring (bicyclic) bond motifs is 2. The van der Waals surface area contributed by atoms with E-state index >= 15 is 0 Å². The number of nitrogens with zero attached hydrogens (tertiary/aromatic N) is 1. The molecule has 1 aromatic carbocycles. The first kappa shape index (κ1) is 18.3. The third-order valence-corrected chi connectivity index (χ3v) is 5.39. The molecule has 0 radical (unpaired) electrons. The Balaban J connectivity index is 1.91. The van der Waals surface area contributed by atoms with Gasteiger partial charge in [-0.3, -0.25) is 0 Å². The van der Waals surface area contributed by atoms with E-state index in [2.05, 4.69) is 0 Å². The molecule has 1 heterocycles. The van der Waals surface area contributed by atoms with E-state index in [4.69, 9.17) is 0 Å². The number of halogens is 7. The van der Waals surface area contributed by atoms with Gasteiger partial charge in [-0.25, -0.2) is 17.6 Å². The molecule has 2 atom stereocenters. The van der Waals surface area contributed by atoms with Crippen LogP contribution >= 0.6 is 0 Å². The van der Waals surface area contributed by atoms with Gasteiger partial charge in [-0.2, -0.15) is 13.2 Å². The van der Waals surface area contributed by atoms with Gasteiger partial charge in [-0.1, -0.05) is 0 Å². The molecule has 0 amide bonds. The Morgan fingerprint density at radius 2 is 1.78 bits per heavy atom. The highest BCUT2D eigenvalue weighted by Gasteiger charge is 2.50. The second-order valence-electron chi connectivity index (χ2n) is 6.99. The molecule has 146 valence electrons. The van der Waals surface area contributed by atoms with Crippen molar-refractivity contribution < 1.29 is 35.8 Å². The van der Waals surface area contributed by atoms with Crippen LogP contribution in [-0.2, 0) is 19.0 Å². The normalized spacial score (nSPS) is 24.0. The lowest BCUT2D eigenvalue weighted by Crippen LogP contribution is -2.33. The fraction of sp³-hybridized carbons (Fsp3) is 0.444. The Kier molecular flexibility index (Phi) is 3.89. The van der Waals surface area contributed by atoms with Crippen molar-refractivity contribution in [3.05, 3.63) is 57.9 Å². The average molecular weight is 393 g/mol. The van der Waals surface area contributed by atoms with Crippen LogP contribution in [0.1, 0.15) is 52.9 Å². The first-order valence-electron chi connectivity index (χ1n) is 8.35. The minimum Gasteiger partial charge on any atom is -0.382 e. The Hall–Kier alpha value is -2.03. The van der Waals surface area contributed by atoms with Crippen molar-refractivity contribution in [2.45, 2.75) is 49.9 Å². The minimum absolute atomic E-state index is 0.0646. The highest BCUT2D eigenvalue weighted by Crippen LogP contribution is 2.50. The molecular formula is C18H14F7NO. The number of rotatable bonds is 1. The molecule has 1 N–H and O–H groups in total. The van der Waals surface area contributed by atoms with Crippen LogP contribution in [0, 0.1) is 11.6 Å². The van der Waals surface area contributed by atoms with Gasteiger partial charge >= 0.3 is 6.18 Å². The summed E-state index contributed by atoms with van der Waals surface area (Å²) in [6.07, 6.45) is -7.61. The largest absolute Gasteiger partial charge is 0.418 e. The molecule has 0 fully saturated rings. The molecule has 27 heavy (non-hydrogen) atoms. The molecule has 0 saturated heterocycles. The number of alkyl halides is 5. The summed E-state index contributed by atoms with van der Waals surface area (Å²) in [7, 11) is 0. The lowest BCUT2D eigenvalue weighted by atomic mass is 9.88. The van der Waals surface area contributed by atoms with E-state index in [0.29, 0.717) is 17.8 Å². The zero-order valence-corrected chi connectivity index (χ0v) is 13.8. The van der Waals surface area contributed by atoms with E-state index in [9.17, 15) is 35.8 Å². The number of aryl methyl sites for hydroxylation is 1. The van der Waals surface area contributed by atoms with Gasteiger partial charge in [0.05, 0.1) is 11.6 Å². The van der Waals surface area contributed by atoms with Gasteiger partial charge in [0.2, 0.25) is 0 Å². The number of aliphatic hydroxyl groups is 1. The molecule has 2 aliphatic carbocycles. The van der Waals surface area contributed by atoms with Crippen LogP contribution in [0.3, 0.4) is 0 Å². The molecule has 2 aliphatic rings.